The molecular formula is C26H28O6. The summed E-state index contributed by atoms with van der Waals surface area (Å²) in [6.07, 6.45) is 3.41. The maximum Gasteiger partial charge on any atom is 0.337 e. The number of ketones is 1. The first-order chi connectivity index (χ1) is 15.4. The van der Waals surface area contributed by atoms with Crippen LogP contribution in [-0.4, -0.2) is 31.1 Å². The number of ether oxygens (including phenoxy) is 4. The van der Waals surface area contributed by atoms with E-state index in [1.54, 1.807) is 12.1 Å². The second-order valence-electron chi connectivity index (χ2n) is 8.43. The van der Waals surface area contributed by atoms with Gasteiger partial charge >= 0.3 is 5.97 Å². The first kappa shape index (κ1) is 22.1. The van der Waals surface area contributed by atoms with E-state index in [1.807, 2.05) is 44.2 Å². The van der Waals surface area contributed by atoms with Crippen LogP contribution < -0.4 is 4.74 Å². The van der Waals surface area contributed by atoms with Gasteiger partial charge in [-0.1, -0.05) is 24.3 Å². The molecule has 0 bridgehead atoms. The highest BCUT2D eigenvalue weighted by Crippen LogP contribution is 2.36. The van der Waals surface area contributed by atoms with Crippen molar-refractivity contribution in [2.45, 2.75) is 51.9 Å². The van der Waals surface area contributed by atoms with Gasteiger partial charge in [-0.25, -0.2) is 4.79 Å². The topological polar surface area (TPSA) is 71.1 Å². The van der Waals surface area contributed by atoms with Gasteiger partial charge in [-0.05, 0) is 61.6 Å². The van der Waals surface area contributed by atoms with Crippen molar-refractivity contribution in [3.05, 3.63) is 76.7 Å². The van der Waals surface area contributed by atoms with Crippen LogP contribution in [0.2, 0.25) is 0 Å². The Morgan fingerprint density at radius 3 is 2.62 bits per heavy atom. The number of fused-ring (bicyclic) bond motifs is 1. The van der Waals surface area contributed by atoms with Crippen LogP contribution in [0.15, 0.2) is 54.5 Å². The van der Waals surface area contributed by atoms with Crippen LogP contribution in [0.3, 0.4) is 0 Å². The summed E-state index contributed by atoms with van der Waals surface area (Å²) in [5, 5.41) is 0. The third-order valence-corrected chi connectivity index (χ3v) is 6.10. The first-order valence-corrected chi connectivity index (χ1v) is 10.9. The van der Waals surface area contributed by atoms with Crippen LogP contribution >= 0.6 is 0 Å². The summed E-state index contributed by atoms with van der Waals surface area (Å²) in [6.45, 7) is 4.39. The number of aryl methyl sites for hydroxylation is 2. The van der Waals surface area contributed by atoms with Crippen LogP contribution in [-0.2, 0) is 25.6 Å². The molecule has 2 aliphatic rings. The molecule has 2 aromatic rings. The minimum Gasteiger partial charge on any atom is -0.493 e. The number of rotatable bonds is 6. The number of carbonyl (C=O) groups is 2. The molecule has 32 heavy (non-hydrogen) atoms. The van der Waals surface area contributed by atoms with E-state index in [1.165, 1.54) is 13.4 Å². The average Bonchev–Trinajstić information content (AvgIpc) is 2.81. The molecule has 1 aliphatic carbocycles. The Labute approximate surface area is 188 Å². The van der Waals surface area contributed by atoms with Crippen molar-refractivity contribution in [1.82, 2.24) is 0 Å². The molecule has 0 spiro atoms. The molecule has 2 aromatic carbocycles. The van der Waals surface area contributed by atoms with E-state index in [0.29, 0.717) is 30.8 Å². The van der Waals surface area contributed by atoms with E-state index in [2.05, 4.69) is 0 Å². The fourth-order valence-corrected chi connectivity index (χ4v) is 4.16. The van der Waals surface area contributed by atoms with Crippen LogP contribution in [0.4, 0.5) is 0 Å². The lowest BCUT2D eigenvalue weighted by molar-refractivity contribution is -0.134. The quantitative estimate of drug-likeness (QED) is 0.613. The SMILES string of the molecule is COC(=O)c1ccc(COC2CCC3C(=O)C(Oc4cc(C)ccc4C)=COC3C2)cc1. The number of esters is 1. The fourth-order valence-electron chi connectivity index (χ4n) is 4.16. The zero-order chi connectivity index (χ0) is 22.7. The van der Waals surface area contributed by atoms with Crippen LogP contribution in [0, 0.1) is 19.8 Å². The van der Waals surface area contributed by atoms with Gasteiger partial charge in [0, 0.05) is 6.42 Å². The van der Waals surface area contributed by atoms with Crippen LogP contribution in [0.1, 0.15) is 46.3 Å². The number of benzene rings is 2. The smallest absolute Gasteiger partial charge is 0.337 e. The van der Waals surface area contributed by atoms with Gasteiger partial charge in [-0.2, -0.15) is 0 Å². The predicted molar refractivity (Wildman–Crippen MR) is 118 cm³/mol. The van der Waals surface area contributed by atoms with E-state index in [9.17, 15) is 9.59 Å². The lowest BCUT2D eigenvalue weighted by Crippen LogP contribution is -2.42. The molecule has 6 heteroatoms. The molecule has 0 N–H and O–H groups in total. The standard InChI is InChI=1S/C26H28O6/c1-16-4-5-17(2)22(12-16)32-24-15-31-23-13-20(10-11-21(23)25(24)27)30-14-18-6-8-19(9-7-18)26(28)29-3/h4-9,12,15,20-21,23H,10-11,13-14H2,1-3H3. The summed E-state index contributed by atoms with van der Waals surface area (Å²) in [5.41, 5.74) is 3.54. The molecule has 1 fully saturated rings. The molecule has 4 rings (SSSR count). The van der Waals surface area contributed by atoms with Crippen LogP contribution in [0.5, 0.6) is 5.75 Å². The highest BCUT2D eigenvalue weighted by Gasteiger charge is 2.41. The van der Waals surface area contributed by atoms with Gasteiger partial charge in [0.15, 0.2) is 0 Å². The van der Waals surface area contributed by atoms with Gasteiger partial charge in [0.05, 0.1) is 31.3 Å². The van der Waals surface area contributed by atoms with Crippen molar-refractivity contribution in [2.24, 2.45) is 5.92 Å². The molecule has 3 unspecified atom stereocenters. The number of carbonyl (C=O) groups excluding carboxylic acids is 2. The molecular weight excluding hydrogens is 408 g/mol. The third-order valence-electron chi connectivity index (χ3n) is 6.10. The van der Waals surface area contributed by atoms with Crippen molar-refractivity contribution >= 4 is 11.8 Å². The maximum atomic E-state index is 13.0. The lowest BCUT2D eigenvalue weighted by Gasteiger charge is -2.37. The molecule has 0 radical (unpaired) electrons. The van der Waals surface area contributed by atoms with Crippen LogP contribution in [0.25, 0.3) is 0 Å². The Hall–Kier alpha value is -3.12. The third kappa shape index (κ3) is 4.86. The lowest BCUT2D eigenvalue weighted by atomic mass is 9.80. The van der Waals surface area contributed by atoms with E-state index < -0.39 is 0 Å². The van der Waals surface area contributed by atoms with Crippen molar-refractivity contribution in [3.8, 4) is 5.75 Å². The Bertz CT molecular complexity index is 1020. The molecule has 1 aliphatic heterocycles. The highest BCUT2D eigenvalue weighted by atomic mass is 16.5. The second-order valence-corrected chi connectivity index (χ2v) is 8.43. The van der Waals surface area contributed by atoms with Gasteiger partial charge in [-0.3, -0.25) is 4.79 Å². The summed E-state index contributed by atoms with van der Waals surface area (Å²) in [4.78, 5) is 24.5. The Morgan fingerprint density at radius 1 is 1.09 bits per heavy atom. The average molecular weight is 437 g/mol. The Kier molecular flexibility index (Phi) is 6.61. The van der Waals surface area contributed by atoms with E-state index in [-0.39, 0.29) is 35.6 Å². The van der Waals surface area contributed by atoms with Crippen molar-refractivity contribution in [2.75, 3.05) is 7.11 Å². The molecule has 0 saturated heterocycles. The molecule has 3 atom stereocenters. The van der Waals surface area contributed by atoms with Gasteiger partial charge in [0.25, 0.3) is 0 Å². The maximum absolute atomic E-state index is 13.0. The summed E-state index contributed by atoms with van der Waals surface area (Å²) >= 11 is 0. The van der Waals surface area contributed by atoms with Crippen molar-refractivity contribution < 1.29 is 28.5 Å². The summed E-state index contributed by atoms with van der Waals surface area (Å²) in [5.74, 6) is 0.383. The largest absolute Gasteiger partial charge is 0.493 e. The number of Topliss-reactive ketones (excluding diaryl/α,β-unsaturated/α-hetero) is 1. The van der Waals surface area contributed by atoms with Crippen molar-refractivity contribution in [1.29, 1.82) is 0 Å². The minimum atomic E-state index is -0.358. The zero-order valence-corrected chi connectivity index (χ0v) is 18.6. The van der Waals surface area contributed by atoms with E-state index in [0.717, 1.165) is 23.1 Å². The fraction of sp³-hybridized carbons (Fsp3) is 0.385. The summed E-state index contributed by atoms with van der Waals surface area (Å²) < 4.78 is 22.6. The number of methoxy groups -OCH3 is 1. The molecule has 168 valence electrons. The molecule has 0 aromatic heterocycles. The minimum absolute atomic E-state index is 0.000921. The van der Waals surface area contributed by atoms with Gasteiger partial charge < -0.3 is 18.9 Å². The molecule has 6 nitrogen and oxygen atoms in total. The summed E-state index contributed by atoms with van der Waals surface area (Å²) in [6, 6.07) is 13.1. The Balaban J connectivity index is 1.33. The van der Waals surface area contributed by atoms with Gasteiger partial charge in [0.1, 0.15) is 18.1 Å². The van der Waals surface area contributed by atoms with E-state index in [4.69, 9.17) is 18.9 Å². The molecule has 0 amide bonds. The number of allylic oxidation sites excluding steroid dienone is 1. The zero-order valence-electron chi connectivity index (χ0n) is 18.6. The summed E-state index contributed by atoms with van der Waals surface area (Å²) in [7, 11) is 1.36. The van der Waals surface area contributed by atoms with Crippen molar-refractivity contribution in [3.63, 3.8) is 0 Å². The normalized spacial score (nSPS) is 22.4. The predicted octanol–water partition coefficient (Wildman–Crippen LogP) is 4.66. The first-order valence-electron chi connectivity index (χ1n) is 10.9. The van der Waals surface area contributed by atoms with Gasteiger partial charge in [0.2, 0.25) is 11.5 Å². The second kappa shape index (κ2) is 9.57. The monoisotopic (exact) mass is 436 g/mol. The van der Waals surface area contributed by atoms with Gasteiger partial charge in [-0.15, -0.1) is 0 Å². The molecule has 1 saturated carbocycles. The van der Waals surface area contributed by atoms with E-state index >= 15 is 0 Å². The number of hydrogen-bond acceptors (Lipinski definition) is 6. The Morgan fingerprint density at radius 2 is 1.88 bits per heavy atom. The number of hydrogen-bond donors (Lipinski definition) is 0. The molecule has 1 heterocycles. The highest BCUT2D eigenvalue weighted by molar-refractivity contribution is 5.96.